The molecule has 0 radical (unpaired) electrons. The molecule has 94 valence electrons. The molecule has 1 N–H and O–H groups in total. The summed E-state index contributed by atoms with van der Waals surface area (Å²) in [5.74, 6) is 0.174. The fourth-order valence-corrected chi connectivity index (χ4v) is 4.54. The Morgan fingerprint density at radius 2 is 2.00 bits per heavy atom. The van der Waals surface area contributed by atoms with E-state index in [2.05, 4.69) is 4.72 Å². The normalized spacial score (nSPS) is 34.6. The Morgan fingerprint density at radius 3 is 2.44 bits per heavy atom. The monoisotopic (exact) mass is 247 g/mol. The first-order valence-electron chi connectivity index (χ1n) is 5.91. The highest BCUT2D eigenvalue weighted by molar-refractivity contribution is 7.89. The van der Waals surface area contributed by atoms with Gasteiger partial charge in [0.1, 0.15) is 0 Å². The highest BCUT2D eigenvalue weighted by Gasteiger charge is 2.42. The number of hydrogen-bond donors (Lipinski definition) is 1. The number of hydrogen-bond acceptors (Lipinski definition) is 3. The van der Waals surface area contributed by atoms with Gasteiger partial charge in [-0.1, -0.05) is 20.8 Å². The SMILES string of the molecule is CC(C)(C)CS(=O)(=O)NC1CC2CCC1O2. The fourth-order valence-electron chi connectivity index (χ4n) is 2.60. The summed E-state index contributed by atoms with van der Waals surface area (Å²) < 4.78 is 32.2. The molecule has 16 heavy (non-hydrogen) atoms. The first kappa shape index (κ1) is 12.3. The molecule has 2 aliphatic heterocycles. The van der Waals surface area contributed by atoms with Crippen molar-refractivity contribution < 1.29 is 13.2 Å². The average molecular weight is 247 g/mol. The number of rotatable bonds is 3. The molecule has 0 aliphatic carbocycles. The number of sulfonamides is 1. The zero-order valence-electron chi connectivity index (χ0n) is 10.2. The minimum absolute atomic E-state index is 0.00565. The third-order valence-corrected chi connectivity index (χ3v) is 4.97. The molecular formula is C11H21NO3S. The maximum atomic E-state index is 11.9. The van der Waals surface area contributed by atoms with Gasteiger partial charge in [0.2, 0.25) is 10.0 Å². The summed E-state index contributed by atoms with van der Waals surface area (Å²) in [5.41, 5.74) is -0.204. The molecule has 2 rings (SSSR count). The van der Waals surface area contributed by atoms with Crippen LogP contribution >= 0.6 is 0 Å². The second-order valence-corrected chi connectivity index (χ2v) is 7.91. The molecule has 2 saturated heterocycles. The van der Waals surface area contributed by atoms with E-state index in [0.717, 1.165) is 19.3 Å². The van der Waals surface area contributed by atoms with Gasteiger partial charge in [-0.15, -0.1) is 0 Å². The minimum Gasteiger partial charge on any atom is -0.373 e. The van der Waals surface area contributed by atoms with E-state index in [-0.39, 0.29) is 29.4 Å². The summed E-state index contributed by atoms with van der Waals surface area (Å²) in [6, 6.07) is 0.00565. The number of fused-ring (bicyclic) bond motifs is 2. The maximum absolute atomic E-state index is 11.9. The van der Waals surface area contributed by atoms with Crippen molar-refractivity contribution in [3.05, 3.63) is 0 Å². The standard InChI is InChI=1S/C11H21NO3S/c1-11(2,3)7-16(13,14)12-9-6-8-4-5-10(9)15-8/h8-10,12H,4-7H2,1-3H3. The Kier molecular flexibility index (Phi) is 3.05. The molecular weight excluding hydrogens is 226 g/mol. The van der Waals surface area contributed by atoms with Gasteiger partial charge in [0.05, 0.1) is 24.0 Å². The van der Waals surface area contributed by atoms with E-state index in [1.54, 1.807) is 0 Å². The fraction of sp³-hybridized carbons (Fsp3) is 1.00. The topological polar surface area (TPSA) is 55.4 Å². The second kappa shape index (κ2) is 3.96. The van der Waals surface area contributed by atoms with Crippen molar-refractivity contribution in [2.45, 2.75) is 58.3 Å². The van der Waals surface area contributed by atoms with Crippen LogP contribution in [0.3, 0.4) is 0 Å². The minimum atomic E-state index is -3.18. The van der Waals surface area contributed by atoms with Crippen LogP contribution in [0.1, 0.15) is 40.0 Å². The molecule has 3 unspecified atom stereocenters. The van der Waals surface area contributed by atoms with Crippen LogP contribution in [0.25, 0.3) is 0 Å². The van der Waals surface area contributed by atoms with Gasteiger partial charge < -0.3 is 4.74 Å². The van der Waals surface area contributed by atoms with Crippen LogP contribution in [0.2, 0.25) is 0 Å². The van der Waals surface area contributed by atoms with Gasteiger partial charge in [-0.3, -0.25) is 0 Å². The summed E-state index contributed by atoms with van der Waals surface area (Å²) in [6.07, 6.45) is 3.32. The summed E-state index contributed by atoms with van der Waals surface area (Å²) in [7, 11) is -3.18. The highest BCUT2D eigenvalue weighted by Crippen LogP contribution is 2.34. The number of nitrogens with one attached hydrogen (secondary N) is 1. The van der Waals surface area contributed by atoms with E-state index in [9.17, 15) is 8.42 Å². The van der Waals surface area contributed by atoms with Gasteiger partial charge >= 0.3 is 0 Å². The van der Waals surface area contributed by atoms with Crippen LogP contribution in [0, 0.1) is 5.41 Å². The molecule has 0 amide bonds. The Balaban J connectivity index is 1.94. The lowest BCUT2D eigenvalue weighted by molar-refractivity contribution is 0.0995. The smallest absolute Gasteiger partial charge is 0.212 e. The lowest BCUT2D eigenvalue weighted by atomic mass is 9.96. The molecule has 0 saturated carbocycles. The summed E-state index contributed by atoms with van der Waals surface area (Å²) in [6.45, 7) is 5.80. The Morgan fingerprint density at radius 1 is 1.31 bits per heavy atom. The molecule has 0 aromatic carbocycles. The summed E-state index contributed by atoms with van der Waals surface area (Å²) in [4.78, 5) is 0. The Labute approximate surface area is 97.8 Å². The van der Waals surface area contributed by atoms with Gasteiger partial charge in [0.25, 0.3) is 0 Å². The molecule has 2 heterocycles. The van der Waals surface area contributed by atoms with Gasteiger partial charge in [0.15, 0.2) is 0 Å². The van der Waals surface area contributed by atoms with Crippen LogP contribution < -0.4 is 4.72 Å². The Bertz CT molecular complexity index is 358. The van der Waals surface area contributed by atoms with Gasteiger partial charge in [0, 0.05) is 0 Å². The first-order chi connectivity index (χ1) is 7.25. The van der Waals surface area contributed by atoms with Gasteiger partial charge in [-0.2, -0.15) is 0 Å². The van der Waals surface area contributed by atoms with Crippen molar-refractivity contribution in [1.82, 2.24) is 4.72 Å². The van der Waals surface area contributed by atoms with Crippen molar-refractivity contribution in [2.24, 2.45) is 5.41 Å². The summed E-state index contributed by atoms with van der Waals surface area (Å²) >= 11 is 0. The van der Waals surface area contributed by atoms with E-state index in [4.69, 9.17) is 4.74 Å². The highest BCUT2D eigenvalue weighted by atomic mass is 32.2. The molecule has 5 heteroatoms. The molecule has 3 atom stereocenters. The van der Waals surface area contributed by atoms with Crippen molar-refractivity contribution in [3.63, 3.8) is 0 Å². The van der Waals surface area contributed by atoms with Crippen molar-refractivity contribution in [2.75, 3.05) is 5.75 Å². The van der Waals surface area contributed by atoms with Crippen molar-refractivity contribution in [3.8, 4) is 0 Å². The van der Waals surface area contributed by atoms with Crippen LogP contribution in [0.5, 0.6) is 0 Å². The predicted octanol–water partition coefficient (Wildman–Crippen LogP) is 1.27. The summed E-state index contributed by atoms with van der Waals surface area (Å²) in [5, 5.41) is 0. The molecule has 2 fully saturated rings. The van der Waals surface area contributed by atoms with Crippen LogP contribution in [-0.4, -0.2) is 32.4 Å². The van der Waals surface area contributed by atoms with E-state index in [1.165, 1.54) is 0 Å². The van der Waals surface area contributed by atoms with E-state index in [0.29, 0.717) is 0 Å². The number of ether oxygens (including phenoxy) is 1. The third-order valence-electron chi connectivity index (χ3n) is 3.06. The third kappa shape index (κ3) is 2.96. The zero-order valence-corrected chi connectivity index (χ0v) is 11.0. The lowest BCUT2D eigenvalue weighted by Gasteiger charge is -2.23. The zero-order chi connectivity index (χ0) is 12.0. The quantitative estimate of drug-likeness (QED) is 0.817. The Hall–Kier alpha value is -0.130. The molecule has 2 bridgehead atoms. The van der Waals surface area contributed by atoms with Gasteiger partial charge in [-0.05, 0) is 24.7 Å². The molecule has 0 spiro atoms. The molecule has 0 aromatic rings. The van der Waals surface area contributed by atoms with E-state index in [1.807, 2.05) is 20.8 Å². The lowest BCUT2D eigenvalue weighted by Crippen LogP contribution is -2.44. The van der Waals surface area contributed by atoms with E-state index < -0.39 is 10.0 Å². The van der Waals surface area contributed by atoms with Gasteiger partial charge in [-0.25, -0.2) is 13.1 Å². The van der Waals surface area contributed by atoms with Crippen LogP contribution in [0.4, 0.5) is 0 Å². The molecule has 2 aliphatic rings. The average Bonchev–Trinajstić information content (AvgIpc) is 2.57. The molecule has 0 aromatic heterocycles. The molecule has 4 nitrogen and oxygen atoms in total. The predicted molar refractivity (Wildman–Crippen MR) is 62.7 cm³/mol. The second-order valence-electron chi connectivity index (χ2n) is 6.15. The van der Waals surface area contributed by atoms with Crippen molar-refractivity contribution >= 4 is 10.0 Å². The first-order valence-corrected chi connectivity index (χ1v) is 7.56. The largest absolute Gasteiger partial charge is 0.373 e. The van der Waals surface area contributed by atoms with Crippen LogP contribution in [-0.2, 0) is 14.8 Å². The van der Waals surface area contributed by atoms with Crippen LogP contribution in [0.15, 0.2) is 0 Å². The maximum Gasteiger partial charge on any atom is 0.212 e. The van der Waals surface area contributed by atoms with E-state index >= 15 is 0 Å². The van der Waals surface area contributed by atoms with Crippen molar-refractivity contribution in [1.29, 1.82) is 0 Å².